The fraction of sp³-hybridized carbons (Fsp3) is 0.684. The molecule has 26 heavy (non-hydrogen) atoms. The average molecular weight is 393 g/mol. The minimum absolute atomic E-state index is 0.0721. The molecule has 0 N–H and O–H groups in total. The van der Waals surface area contributed by atoms with Crippen molar-refractivity contribution in [3.8, 4) is 0 Å². The van der Waals surface area contributed by atoms with Gasteiger partial charge in [-0.15, -0.1) is 0 Å². The molecule has 0 amide bonds. The summed E-state index contributed by atoms with van der Waals surface area (Å²) in [7, 11) is -2.78. The molecule has 0 aliphatic heterocycles. The number of benzene rings is 1. The third kappa shape index (κ3) is 7.78. The molecule has 0 saturated heterocycles. The van der Waals surface area contributed by atoms with E-state index >= 15 is 0 Å². The zero-order valence-electron chi connectivity index (χ0n) is 16.1. The number of rotatable bonds is 14. The van der Waals surface area contributed by atoms with Gasteiger partial charge in [0.25, 0.3) is 0 Å². The number of halogens is 3. The molecule has 0 bridgehead atoms. The quantitative estimate of drug-likeness (QED) is 0.303. The highest BCUT2D eigenvalue weighted by Gasteiger charge is 2.40. The second kappa shape index (κ2) is 12.5. The van der Waals surface area contributed by atoms with Gasteiger partial charge in [0.15, 0.2) is 0 Å². The van der Waals surface area contributed by atoms with Gasteiger partial charge in [-0.1, -0.05) is 20.8 Å². The van der Waals surface area contributed by atoms with Gasteiger partial charge in [-0.2, -0.15) is 0 Å². The van der Waals surface area contributed by atoms with Gasteiger partial charge >= 0.3 is 8.80 Å². The van der Waals surface area contributed by atoms with Crippen LogP contribution in [0.25, 0.3) is 0 Å². The Morgan fingerprint density at radius 3 is 1.65 bits per heavy atom. The first-order valence-corrected chi connectivity index (χ1v) is 11.5. The van der Waals surface area contributed by atoms with E-state index < -0.39 is 26.3 Å². The predicted molar refractivity (Wildman–Crippen MR) is 98.5 cm³/mol. The van der Waals surface area contributed by atoms with Gasteiger partial charge in [-0.25, -0.2) is 13.2 Å². The van der Waals surface area contributed by atoms with Gasteiger partial charge < -0.3 is 13.3 Å². The average Bonchev–Trinajstić information content (AvgIpc) is 2.61. The molecule has 1 aromatic carbocycles. The summed E-state index contributed by atoms with van der Waals surface area (Å²) in [6.07, 6.45) is 4.02. The summed E-state index contributed by atoms with van der Waals surface area (Å²) in [6.45, 7) is 7.79. The first-order chi connectivity index (χ1) is 12.5. The van der Waals surface area contributed by atoms with Crippen molar-refractivity contribution in [1.29, 1.82) is 0 Å². The van der Waals surface area contributed by atoms with E-state index in [0.29, 0.717) is 38.7 Å². The maximum Gasteiger partial charge on any atom is 0.500 e. The van der Waals surface area contributed by atoms with E-state index in [0.717, 1.165) is 31.4 Å². The minimum atomic E-state index is -2.78. The third-order valence-corrected chi connectivity index (χ3v) is 6.74. The van der Waals surface area contributed by atoms with Crippen molar-refractivity contribution in [1.82, 2.24) is 0 Å². The second-order valence-corrected chi connectivity index (χ2v) is 9.02. The molecule has 1 rings (SSSR count). The second-order valence-electron chi connectivity index (χ2n) is 6.28. The normalized spacial score (nSPS) is 11.9. The lowest BCUT2D eigenvalue weighted by molar-refractivity contribution is 0.0586. The van der Waals surface area contributed by atoms with Crippen LogP contribution in [-0.4, -0.2) is 28.6 Å². The van der Waals surface area contributed by atoms with Crippen LogP contribution in [0.2, 0.25) is 6.04 Å². The van der Waals surface area contributed by atoms with E-state index in [1.165, 1.54) is 0 Å². The Hall–Kier alpha value is -0.893. The molecule has 0 unspecified atom stereocenters. The first kappa shape index (κ1) is 23.1. The molecule has 0 saturated carbocycles. The van der Waals surface area contributed by atoms with Gasteiger partial charge in [-0.3, -0.25) is 0 Å². The van der Waals surface area contributed by atoms with Gasteiger partial charge in [0.1, 0.15) is 17.5 Å². The van der Waals surface area contributed by atoms with Gasteiger partial charge in [0, 0.05) is 43.6 Å². The number of hydrogen-bond acceptors (Lipinski definition) is 3. The molecule has 150 valence electrons. The molecule has 0 atom stereocenters. The summed E-state index contributed by atoms with van der Waals surface area (Å²) in [6, 6.07) is 2.05. The van der Waals surface area contributed by atoms with Crippen molar-refractivity contribution in [2.75, 3.05) is 19.8 Å². The topological polar surface area (TPSA) is 27.7 Å². The smallest absolute Gasteiger partial charge is 0.373 e. The van der Waals surface area contributed by atoms with Crippen molar-refractivity contribution in [3.63, 3.8) is 0 Å². The Kier molecular flexibility index (Phi) is 11.1. The van der Waals surface area contributed by atoms with Crippen molar-refractivity contribution < 1.29 is 26.4 Å². The summed E-state index contributed by atoms with van der Waals surface area (Å²) < 4.78 is 58.4. The van der Waals surface area contributed by atoms with Crippen molar-refractivity contribution in [3.05, 3.63) is 35.1 Å². The summed E-state index contributed by atoms with van der Waals surface area (Å²) in [5.41, 5.74) is -0.0721. The van der Waals surface area contributed by atoms with Crippen LogP contribution in [0, 0.1) is 17.5 Å². The Labute approximate surface area is 156 Å². The monoisotopic (exact) mass is 392 g/mol. The molecular formula is C19H31F3O3Si. The predicted octanol–water partition coefficient (Wildman–Crippen LogP) is 5.65. The van der Waals surface area contributed by atoms with Gasteiger partial charge in [0.2, 0.25) is 0 Å². The molecule has 0 aliphatic rings. The SMILES string of the molecule is CCCO[Si](CCCCc1c(F)cc(F)cc1F)(OCCC)OCCC. The van der Waals surface area contributed by atoms with Crippen molar-refractivity contribution in [2.24, 2.45) is 0 Å². The minimum Gasteiger partial charge on any atom is -0.373 e. The maximum atomic E-state index is 13.7. The summed E-state index contributed by atoms with van der Waals surface area (Å²) in [5.74, 6) is -2.57. The van der Waals surface area contributed by atoms with Crippen LogP contribution in [0.5, 0.6) is 0 Å². The standard InChI is InChI=1S/C19H31F3O3Si/c1-4-10-23-26(24-11-5-2,25-12-6-3)13-8-7-9-17-18(21)14-16(20)15-19(17)22/h14-15H,4-13H2,1-3H3. The van der Waals surface area contributed by atoms with Crippen molar-refractivity contribution in [2.45, 2.75) is 65.3 Å². The van der Waals surface area contributed by atoms with E-state index in [-0.39, 0.29) is 12.0 Å². The zero-order chi connectivity index (χ0) is 19.4. The van der Waals surface area contributed by atoms with Crippen LogP contribution in [0.1, 0.15) is 58.4 Å². The van der Waals surface area contributed by atoms with Crippen LogP contribution >= 0.6 is 0 Å². The lowest BCUT2D eigenvalue weighted by Crippen LogP contribution is -2.46. The van der Waals surface area contributed by atoms with E-state index in [2.05, 4.69) is 0 Å². The lowest BCUT2D eigenvalue weighted by atomic mass is 10.1. The number of unbranched alkanes of at least 4 members (excludes halogenated alkanes) is 1. The molecule has 0 heterocycles. The molecule has 1 aromatic rings. The fourth-order valence-electron chi connectivity index (χ4n) is 2.57. The summed E-state index contributed by atoms with van der Waals surface area (Å²) >= 11 is 0. The molecule has 0 fully saturated rings. The molecule has 0 aromatic heterocycles. The van der Waals surface area contributed by atoms with E-state index in [9.17, 15) is 13.2 Å². The largest absolute Gasteiger partial charge is 0.500 e. The first-order valence-electron chi connectivity index (χ1n) is 9.53. The Balaban J connectivity index is 2.66. The van der Waals surface area contributed by atoms with Crippen LogP contribution in [0.15, 0.2) is 12.1 Å². The van der Waals surface area contributed by atoms with Crippen LogP contribution in [-0.2, 0) is 19.7 Å². The molecule has 0 spiro atoms. The Bertz CT molecular complexity index is 484. The summed E-state index contributed by atoms with van der Waals surface area (Å²) in [5, 5.41) is 0. The fourth-order valence-corrected chi connectivity index (χ4v) is 5.48. The Morgan fingerprint density at radius 1 is 0.769 bits per heavy atom. The summed E-state index contributed by atoms with van der Waals surface area (Å²) in [4.78, 5) is 0. The lowest BCUT2D eigenvalue weighted by Gasteiger charge is -2.29. The van der Waals surface area contributed by atoms with Crippen LogP contribution in [0.3, 0.4) is 0 Å². The van der Waals surface area contributed by atoms with E-state index in [4.69, 9.17) is 13.3 Å². The molecule has 0 radical (unpaired) electrons. The highest BCUT2D eigenvalue weighted by Crippen LogP contribution is 2.23. The van der Waals surface area contributed by atoms with Crippen molar-refractivity contribution >= 4 is 8.80 Å². The maximum absolute atomic E-state index is 13.7. The molecule has 3 nitrogen and oxygen atoms in total. The van der Waals surface area contributed by atoms with Crippen LogP contribution < -0.4 is 0 Å². The van der Waals surface area contributed by atoms with Crippen LogP contribution in [0.4, 0.5) is 13.2 Å². The molecule has 7 heteroatoms. The van der Waals surface area contributed by atoms with E-state index in [1.54, 1.807) is 0 Å². The molecular weight excluding hydrogens is 361 g/mol. The molecule has 0 aliphatic carbocycles. The Morgan fingerprint density at radius 2 is 1.23 bits per heavy atom. The zero-order valence-corrected chi connectivity index (χ0v) is 17.1. The highest BCUT2D eigenvalue weighted by molar-refractivity contribution is 6.60. The highest BCUT2D eigenvalue weighted by atomic mass is 28.4. The number of hydrogen-bond donors (Lipinski definition) is 0. The third-order valence-electron chi connectivity index (χ3n) is 3.84. The van der Waals surface area contributed by atoms with Gasteiger partial charge in [-0.05, 0) is 38.5 Å². The van der Waals surface area contributed by atoms with E-state index in [1.807, 2.05) is 20.8 Å². The van der Waals surface area contributed by atoms with Gasteiger partial charge in [0.05, 0.1) is 0 Å².